The van der Waals surface area contributed by atoms with Crippen molar-refractivity contribution in [1.82, 2.24) is 9.29 Å². The summed E-state index contributed by atoms with van der Waals surface area (Å²) < 4.78 is 29.2. The van der Waals surface area contributed by atoms with Gasteiger partial charge < -0.3 is 4.74 Å². The third kappa shape index (κ3) is 4.26. The van der Waals surface area contributed by atoms with E-state index in [-0.39, 0.29) is 0 Å². The molecule has 0 N–H and O–H groups in total. The van der Waals surface area contributed by atoms with Gasteiger partial charge in [-0.1, -0.05) is 6.07 Å². The summed E-state index contributed by atoms with van der Waals surface area (Å²) in [7, 11) is -1.66. The van der Waals surface area contributed by atoms with Crippen molar-refractivity contribution in [2.75, 3.05) is 26.5 Å². The molecular weight excluding hydrogens is 228 g/mol. The molecule has 90 valence electrons. The fraction of sp³-hybridized carbons (Fsp3) is 0.500. The van der Waals surface area contributed by atoms with Gasteiger partial charge in [-0.15, -0.1) is 0 Å². The normalized spacial score (nSPS) is 11.9. The maximum atomic E-state index is 11.5. The minimum absolute atomic E-state index is 0.329. The Morgan fingerprint density at radius 3 is 2.75 bits per heavy atom. The molecule has 5 nitrogen and oxygen atoms in total. The van der Waals surface area contributed by atoms with Crippen LogP contribution in [-0.2, 0) is 21.3 Å². The summed E-state index contributed by atoms with van der Waals surface area (Å²) in [5.74, 6) is 0. The molecule has 16 heavy (non-hydrogen) atoms. The van der Waals surface area contributed by atoms with Gasteiger partial charge in [-0.2, -0.15) is 4.31 Å². The zero-order valence-corrected chi connectivity index (χ0v) is 10.3. The smallest absolute Gasteiger partial charge is 0.211 e. The number of hydrogen-bond acceptors (Lipinski definition) is 4. The molecule has 1 heterocycles. The molecule has 1 aromatic rings. The van der Waals surface area contributed by atoms with Crippen molar-refractivity contribution in [3.8, 4) is 0 Å². The van der Waals surface area contributed by atoms with E-state index in [9.17, 15) is 8.42 Å². The van der Waals surface area contributed by atoms with Gasteiger partial charge >= 0.3 is 0 Å². The molecule has 0 saturated carbocycles. The number of methoxy groups -OCH3 is 1. The Kier molecular flexibility index (Phi) is 4.85. The quantitative estimate of drug-likeness (QED) is 0.730. The predicted molar refractivity (Wildman–Crippen MR) is 61.4 cm³/mol. The molecule has 0 saturated heterocycles. The monoisotopic (exact) mass is 244 g/mol. The SMILES string of the molecule is COCCN(Cc1cccnc1)S(C)(=O)=O. The molecule has 1 aromatic heterocycles. The van der Waals surface area contributed by atoms with Gasteiger partial charge in [0.05, 0.1) is 12.9 Å². The molecule has 0 aliphatic carbocycles. The Hall–Kier alpha value is -0.980. The van der Waals surface area contributed by atoms with Gasteiger partial charge in [0.25, 0.3) is 0 Å². The van der Waals surface area contributed by atoms with E-state index in [1.54, 1.807) is 25.6 Å². The van der Waals surface area contributed by atoms with Crippen molar-refractivity contribution in [1.29, 1.82) is 0 Å². The highest BCUT2D eigenvalue weighted by Gasteiger charge is 2.16. The highest BCUT2D eigenvalue weighted by Crippen LogP contribution is 2.06. The zero-order chi connectivity index (χ0) is 12.0. The first-order valence-electron chi connectivity index (χ1n) is 4.87. The first kappa shape index (κ1) is 13.1. The van der Waals surface area contributed by atoms with Gasteiger partial charge in [0.1, 0.15) is 0 Å². The summed E-state index contributed by atoms with van der Waals surface area (Å²) in [5.41, 5.74) is 0.865. The molecule has 0 fully saturated rings. The lowest BCUT2D eigenvalue weighted by atomic mass is 10.3. The van der Waals surface area contributed by atoms with E-state index >= 15 is 0 Å². The van der Waals surface area contributed by atoms with Crippen LogP contribution in [0.3, 0.4) is 0 Å². The number of aromatic nitrogens is 1. The predicted octanol–water partition coefficient (Wildman–Crippen LogP) is 0.490. The van der Waals surface area contributed by atoms with E-state index < -0.39 is 10.0 Å². The lowest BCUT2D eigenvalue weighted by Crippen LogP contribution is -2.32. The molecule has 0 radical (unpaired) electrons. The largest absolute Gasteiger partial charge is 0.383 e. The van der Waals surface area contributed by atoms with E-state index in [2.05, 4.69) is 4.98 Å². The zero-order valence-electron chi connectivity index (χ0n) is 9.46. The highest BCUT2D eigenvalue weighted by atomic mass is 32.2. The molecule has 0 atom stereocenters. The van der Waals surface area contributed by atoms with Crippen LogP contribution in [0.25, 0.3) is 0 Å². The standard InChI is InChI=1S/C10H16N2O3S/c1-15-7-6-12(16(2,13)14)9-10-4-3-5-11-8-10/h3-5,8H,6-7,9H2,1-2H3. The van der Waals surface area contributed by atoms with Gasteiger partial charge in [0.15, 0.2) is 0 Å². The number of hydrogen-bond donors (Lipinski definition) is 0. The molecule has 0 aliphatic rings. The van der Waals surface area contributed by atoms with Crippen LogP contribution in [0.4, 0.5) is 0 Å². The number of rotatable bonds is 6. The molecule has 0 spiro atoms. The van der Waals surface area contributed by atoms with Crippen LogP contribution in [0, 0.1) is 0 Å². The van der Waals surface area contributed by atoms with Gasteiger partial charge in [-0.3, -0.25) is 4.98 Å². The van der Waals surface area contributed by atoms with Crippen LogP contribution in [0.5, 0.6) is 0 Å². The molecule has 0 unspecified atom stereocenters. The van der Waals surface area contributed by atoms with E-state index in [1.165, 1.54) is 10.6 Å². The molecule has 0 amide bonds. The summed E-state index contributed by atoms with van der Waals surface area (Å²) in [5, 5.41) is 0. The van der Waals surface area contributed by atoms with E-state index in [0.29, 0.717) is 19.7 Å². The topological polar surface area (TPSA) is 59.5 Å². The fourth-order valence-electron chi connectivity index (χ4n) is 1.25. The lowest BCUT2D eigenvalue weighted by Gasteiger charge is -2.19. The molecule has 0 aliphatic heterocycles. The van der Waals surface area contributed by atoms with E-state index in [1.807, 2.05) is 6.07 Å². The van der Waals surface area contributed by atoms with Crippen molar-refractivity contribution in [2.24, 2.45) is 0 Å². The average Bonchev–Trinajstić information content (AvgIpc) is 2.24. The number of ether oxygens (including phenoxy) is 1. The fourth-order valence-corrected chi connectivity index (χ4v) is 2.04. The van der Waals surface area contributed by atoms with E-state index in [0.717, 1.165) is 5.56 Å². The second kappa shape index (κ2) is 5.93. The van der Waals surface area contributed by atoms with Gasteiger partial charge in [-0.25, -0.2) is 8.42 Å². The molecule has 0 bridgehead atoms. The van der Waals surface area contributed by atoms with Gasteiger partial charge in [0.2, 0.25) is 10.0 Å². The molecule has 1 rings (SSSR count). The van der Waals surface area contributed by atoms with Crippen molar-refractivity contribution >= 4 is 10.0 Å². The lowest BCUT2D eigenvalue weighted by molar-refractivity contribution is 0.177. The van der Waals surface area contributed by atoms with Crippen molar-refractivity contribution in [2.45, 2.75) is 6.54 Å². The average molecular weight is 244 g/mol. The van der Waals surface area contributed by atoms with Crippen LogP contribution >= 0.6 is 0 Å². The molecule has 6 heteroatoms. The summed E-state index contributed by atoms with van der Waals surface area (Å²) in [4.78, 5) is 3.95. The van der Waals surface area contributed by atoms with Crippen LogP contribution < -0.4 is 0 Å². The van der Waals surface area contributed by atoms with Crippen LogP contribution in [0.2, 0.25) is 0 Å². The maximum Gasteiger partial charge on any atom is 0.211 e. The van der Waals surface area contributed by atoms with E-state index in [4.69, 9.17) is 4.74 Å². The molecular formula is C10H16N2O3S. The first-order chi connectivity index (χ1) is 7.54. The summed E-state index contributed by atoms with van der Waals surface area (Å²) in [6.07, 6.45) is 4.51. The Balaban J connectivity index is 2.72. The van der Waals surface area contributed by atoms with Gasteiger partial charge in [-0.05, 0) is 11.6 Å². The maximum absolute atomic E-state index is 11.5. The first-order valence-corrected chi connectivity index (χ1v) is 6.72. The minimum Gasteiger partial charge on any atom is -0.383 e. The number of nitrogens with zero attached hydrogens (tertiary/aromatic N) is 2. The Morgan fingerprint density at radius 2 is 2.25 bits per heavy atom. The minimum atomic E-state index is -3.21. The second-order valence-electron chi connectivity index (χ2n) is 3.45. The highest BCUT2D eigenvalue weighted by molar-refractivity contribution is 7.88. The summed E-state index contributed by atoms with van der Waals surface area (Å²) in [6.45, 7) is 1.06. The molecule has 0 aromatic carbocycles. The Bertz CT molecular complexity index is 405. The Labute approximate surface area is 96.1 Å². The van der Waals surface area contributed by atoms with Crippen molar-refractivity contribution in [3.05, 3.63) is 30.1 Å². The number of sulfonamides is 1. The second-order valence-corrected chi connectivity index (χ2v) is 5.43. The summed E-state index contributed by atoms with van der Waals surface area (Å²) in [6, 6.07) is 3.63. The van der Waals surface area contributed by atoms with Crippen LogP contribution in [0.1, 0.15) is 5.56 Å². The third-order valence-electron chi connectivity index (χ3n) is 2.10. The van der Waals surface area contributed by atoms with Crippen LogP contribution in [-0.4, -0.2) is 44.2 Å². The van der Waals surface area contributed by atoms with Crippen molar-refractivity contribution < 1.29 is 13.2 Å². The van der Waals surface area contributed by atoms with Crippen molar-refractivity contribution in [3.63, 3.8) is 0 Å². The van der Waals surface area contributed by atoms with Crippen LogP contribution in [0.15, 0.2) is 24.5 Å². The third-order valence-corrected chi connectivity index (χ3v) is 3.35. The van der Waals surface area contributed by atoms with Gasteiger partial charge in [0, 0.05) is 32.6 Å². The summed E-state index contributed by atoms with van der Waals surface area (Å²) >= 11 is 0. The Morgan fingerprint density at radius 1 is 1.50 bits per heavy atom. The number of pyridine rings is 1.